The van der Waals surface area contributed by atoms with E-state index in [1.807, 2.05) is 19.9 Å². The third-order valence-electron chi connectivity index (χ3n) is 5.80. The van der Waals surface area contributed by atoms with Crippen LogP contribution in [0.1, 0.15) is 67.3 Å². The number of H-pyrrole nitrogens is 1. The number of carbonyl (C=O) groups is 1. The summed E-state index contributed by atoms with van der Waals surface area (Å²) >= 11 is 0. The fraction of sp³-hybridized carbons (Fsp3) is 0.455. The molecule has 142 valence electrons. The fourth-order valence-corrected chi connectivity index (χ4v) is 4.50. The van der Waals surface area contributed by atoms with Gasteiger partial charge in [0.25, 0.3) is 0 Å². The largest absolute Gasteiger partial charge is 0.361 e. The topological polar surface area (TPSA) is 62.1 Å². The number of nitrogens with zero attached hydrogens (tertiary/aromatic N) is 2. The summed E-state index contributed by atoms with van der Waals surface area (Å²) in [6.07, 6.45) is 3.73. The summed E-state index contributed by atoms with van der Waals surface area (Å²) in [4.78, 5) is 18.8. The highest BCUT2D eigenvalue weighted by atomic mass is 16.5. The van der Waals surface area contributed by atoms with E-state index in [4.69, 9.17) is 4.52 Å². The van der Waals surface area contributed by atoms with Crippen LogP contribution in [0.25, 0.3) is 10.9 Å². The lowest BCUT2D eigenvalue weighted by Gasteiger charge is -2.36. The minimum Gasteiger partial charge on any atom is -0.361 e. The van der Waals surface area contributed by atoms with E-state index in [0.29, 0.717) is 6.42 Å². The van der Waals surface area contributed by atoms with Crippen LogP contribution in [-0.2, 0) is 4.79 Å². The second-order valence-corrected chi connectivity index (χ2v) is 7.75. The van der Waals surface area contributed by atoms with Gasteiger partial charge in [-0.25, -0.2) is 0 Å². The van der Waals surface area contributed by atoms with Crippen molar-refractivity contribution in [2.24, 2.45) is 0 Å². The van der Waals surface area contributed by atoms with Crippen molar-refractivity contribution in [3.8, 4) is 0 Å². The maximum absolute atomic E-state index is 13.2. The Hall–Kier alpha value is -2.56. The number of amides is 1. The number of aromatic nitrogens is 2. The van der Waals surface area contributed by atoms with Crippen LogP contribution in [0.15, 0.2) is 34.9 Å². The first-order valence-electron chi connectivity index (χ1n) is 9.84. The molecule has 4 rings (SSSR count). The lowest BCUT2D eigenvalue weighted by atomic mass is 9.93. The van der Waals surface area contributed by atoms with Gasteiger partial charge in [0.05, 0.1) is 11.7 Å². The first kappa shape index (κ1) is 17.8. The zero-order valence-electron chi connectivity index (χ0n) is 16.3. The van der Waals surface area contributed by atoms with E-state index in [-0.39, 0.29) is 17.9 Å². The van der Waals surface area contributed by atoms with E-state index >= 15 is 0 Å². The van der Waals surface area contributed by atoms with Gasteiger partial charge in [-0.3, -0.25) is 4.79 Å². The number of hydrogen-bond donors (Lipinski definition) is 1. The number of aryl methyl sites for hydroxylation is 2. The molecule has 0 bridgehead atoms. The molecule has 1 aliphatic rings. The summed E-state index contributed by atoms with van der Waals surface area (Å²) in [6, 6.07) is 10.6. The van der Waals surface area contributed by atoms with Crippen molar-refractivity contribution in [1.82, 2.24) is 15.0 Å². The highest BCUT2D eigenvalue weighted by Gasteiger charge is 2.30. The maximum Gasteiger partial charge on any atom is 0.223 e. The summed E-state index contributed by atoms with van der Waals surface area (Å²) in [5.41, 5.74) is 4.24. The highest BCUT2D eigenvalue weighted by Crippen LogP contribution is 2.34. The van der Waals surface area contributed by atoms with Gasteiger partial charge in [-0.15, -0.1) is 0 Å². The molecular weight excluding hydrogens is 338 g/mol. The molecule has 3 heterocycles. The Kier molecular flexibility index (Phi) is 4.77. The predicted molar refractivity (Wildman–Crippen MR) is 106 cm³/mol. The minimum absolute atomic E-state index is 0.106. The van der Waals surface area contributed by atoms with Crippen molar-refractivity contribution in [1.29, 1.82) is 0 Å². The van der Waals surface area contributed by atoms with E-state index in [9.17, 15) is 4.79 Å². The number of fused-ring (bicyclic) bond motifs is 1. The van der Waals surface area contributed by atoms with Crippen molar-refractivity contribution in [2.75, 3.05) is 6.54 Å². The second kappa shape index (κ2) is 7.22. The molecule has 1 saturated heterocycles. The van der Waals surface area contributed by atoms with Crippen LogP contribution in [-0.4, -0.2) is 27.5 Å². The van der Waals surface area contributed by atoms with Crippen LogP contribution in [0, 0.1) is 13.8 Å². The zero-order chi connectivity index (χ0) is 19.0. The summed E-state index contributed by atoms with van der Waals surface area (Å²) in [6.45, 7) is 6.78. The standard InChI is InChI=1S/C22H27N3O2/c1-14(22-15(2)24-27-16(22)3)12-21(26)25-11-7-6-10-20(25)19-13-17-8-4-5-9-18(17)23-19/h4-5,8-9,13-14,20,23H,6-7,10-12H2,1-3H3. The van der Waals surface area contributed by atoms with Gasteiger partial charge < -0.3 is 14.4 Å². The Balaban J connectivity index is 1.55. The molecule has 1 aliphatic heterocycles. The van der Waals surface area contributed by atoms with Crippen LogP contribution in [0.2, 0.25) is 0 Å². The highest BCUT2D eigenvalue weighted by molar-refractivity contribution is 5.81. The second-order valence-electron chi connectivity index (χ2n) is 7.75. The van der Waals surface area contributed by atoms with E-state index in [0.717, 1.165) is 54.0 Å². The number of para-hydroxylation sites is 1. The summed E-state index contributed by atoms with van der Waals surface area (Å²) < 4.78 is 5.29. The number of aromatic amines is 1. The number of hydrogen-bond acceptors (Lipinski definition) is 3. The Labute approximate surface area is 159 Å². The normalized spacial score (nSPS) is 18.8. The molecule has 0 aliphatic carbocycles. The van der Waals surface area contributed by atoms with E-state index in [1.54, 1.807) is 0 Å². The minimum atomic E-state index is 0.106. The molecule has 3 aromatic rings. The van der Waals surface area contributed by atoms with Crippen LogP contribution in [0.3, 0.4) is 0 Å². The molecule has 0 spiro atoms. The molecule has 1 fully saturated rings. The van der Waals surface area contributed by atoms with E-state index in [1.165, 1.54) is 5.39 Å². The smallest absolute Gasteiger partial charge is 0.223 e. The van der Waals surface area contributed by atoms with Crippen molar-refractivity contribution in [3.05, 3.63) is 53.0 Å². The number of likely N-dealkylation sites (tertiary alicyclic amines) is 1. The van der Waals surface area contributed by atoms with E-state index in [2.05, 4.69) is 46.2 Å². The molecule has 0 radical (unpaired) electrons. The number of benzene rings is 1. The van der Waals surface area contributed by atoms with Gasteiger partial charge in [0, 0.05) is 29.7 Å². The predicted octanol–water partition coefficient (Wildman–Crippen LogP) is 5.02. The van der Waals surface area contributed by atoms with Gasteiger partial charge in [0.1, 0.15) is 5.76 Å². The van der Waals surface area contributed by atoms with Crippen molar-refractivity contribution < 1.29 is 9.32 Å². The number of nitrogens with one attached hydrogen (secondary N) is 1. The van der Waals surface area contributed by atoms with Gasteiger partial charge in [-0.1, -0.05) is 30.3 Å². The zero-order valence-corrected chi connectivity index (χ0v) is 16.3. The van der Waals surface area contributed by atoms with Crippen LogP contribution in [0.4, 0.5) is 0 Å². The Morgan fingerprint density at radius 3 is 2.89 bits per heavy atom. The molecule has 27 heavy (non-hydrogen) atoms. The van der Waals surface area contributed by atoms with Crippen molar-refractivity contribution in [3.63, 3.8) is 0 Å². The fourth-order valence-electron chi connectivity index (χ4n) is 4.50. The number of piperidine rings is 1. The van der Waals surface area contributed by atoms with Gasteiger partial charge >= 0.3 is 0 Å². The molecule has 5 nitrogen and oxygen atoms in total. The lowest BCUT2D eigenvalue weighted by Crippen LogP contribution is -2.39. The molecule has 1 N–H and O–H groups in total. The number of rotatable bonds is 4. The first-order chi connectivity index (χ1) is 13.0. The SMILES string of the molecule is Cc1noc(C)c1C(C)CC(=O)N1CCCCC1c1cc2ccccc2[nH]1. The summed E-state index contributed by atoms with van der Waals surface area (Å²) in [5.74, 6) is 1.14. The number of carbonyl (C=O) groups excluding carboxylic acids is 1. The van der Waals surface area contributed by atoms with Gasteiger partial charge in [0.2, 0.25) is 5.91 Å². The van der Waals surface area contributed by atoms with Crippen molar-refractivity contribution in [2.45, 2.75) is 58.4 Å². The quantitative estimate of drug-likeness (QED) is 0.706. The lowest BCUT2D eigenvalue weighted by molar-refractivity contribution is -0.135. The first-order valence-corrected chi connectivity index (χ1v) is 9.84. The molecule has 0 saturated carbocycles. The average Bonchev–Trinajstić information content (AvgIpc) is 3.24. The Morgan fingerprint density at radius 2 is 2.15 bits per heavy atom. The molecule has 1 aromatic carbocycles. The third-order valence-corrected chi connectivity index (χ3v) is 5.80. The van der Waals surface area contributed by atoms with Crippen LogP contribution >= 0.6 is 0 Å². The van der Waals surface area contributed by atoms with Gasteiger partial charge in [-0.2, -0.15) is 0 Å². The monoisotopic (exact) mass is 365 g/mol. The Bertz CT molecular complexity index is 903. The molecule has 2 atom stereocenters. The van der Waals surface area contributed by atoms with Gasteiger partial charge in [0.15, 0.2) is 0 Å². The van der Waals surface area contributed by atoms with Gasteiger partial charge in [-0.05, 0) is 56.5 Å². The molecule has 5 heteroatoms. The maximum atomic E-state index is 13.2. The van der Waals surface area contributed by atoms with E-state index < -0.39 is 0 Å². The van der Waals surface area contributed by atoms with Crippen LogP contribution in [0.5, 0.6) is 0 Å². The summed E-state index contributed by atoms with van der Waals surface area (Å²) in [5, 5.41) is 5.24. The molecule has 2 aromatic heterocycles. The molecule has 1 amide bonds. The Morgan fingerprint density at radius 1 is 1.33 bits per heavy atom. The summed E-state index contributed by atoms with van der Waals surface area (Å²) in [7, 11) is 0. The average molecular weight is 365 g/mol. The molecule has 2 unspecified atom stereocenters. The van der Waals surface area contributed by atoms with Crippen LogP contribution < -0.4 is 0 Å². The third kappa shape index (κ3) is 3.38. The van der Waals surface area contributed by atoms with Crippen molar-refractivity contribution >= 4 is 16.8 Å². The molecular formula is C22H27N3O2.